The first-order valence-electron chi connectivity index (χ1n) is 10.0. The minimum atomic E-state index is -0.636. The number of nitriles is 1. The zero-order valence-corrected chi connectivity index (χ0v) is 19.8. The van der Waals surface area contributed by atoms with Crippen LogP contribution in [0.5, 0.6) is 11.5 Å². The molecule has 0 heterocycles. The maximum absolute atomic E-state index is 13.0. The highest BCUT2D eigenvalue weighted by molar-refractivity contribution is 6.32. The maximum atomic E-state index is 13.0. The van der Waals surface area contributed by atoms with Gasteiger partial charge in [0.15, 0.2) is 18.1 Å². The summed E-state index contributed by atoms with van der Waals surface area (Å²) >= 11 is 12.2. The SMILES string of the molecule is COc1cc(/C=C(/C#N)C(=O)Nc2cccc(Cl)c2)cc(Cl)c1OCC(=O)Nc1ccc(F)cc1. The lowest BCUT2D eigenvalue weighted by molar-refractivity contribution is -0.118. The number of nitrogens with one attached hydrogen (secondary N) is 2. The molecule has 2 amide bonds. The van der Waals surface area contributed by atoms with Gasteiger partial charge in [0.2, 0.25) is 0 Å². The summed E-state index contributed by atoms with van der Waals surface area (Å²) in [6, 6.07) is 16.6. The van der Waals surface area contributed by atoms with Gasteiger partial charge in [-0.3, -0.25) is 9.59 Å². The van der Waals surface area contributed by atoms with Crippen molar-refractivity contribution >= 4 is 52.5 Å². The molecule has 35 heavy (non-hydrogen) atoms. The van der Waals surface area contributed by atoms with E-state index in [1.807, 2.05) is 6.07 Å². The zero-order valence-electron chi connectivity index (χ0n) is 18.3. The molecule has 3 rings (SSSR count). The van der Waals surface area contributed by atoms with Crippen molar-refractivity contribution in [2.24, 2.45) is 0 Å². The van der Waals surface area contributed by atoms with Gasteiger partial charge in [-0.1, -0.05) is 29.3 Å². The van der Waals surface area contributed by atoms with Crippen molar-refractivity contribution in [1.82, 2.24) is 0 Å². The van der Waals surface area contributed by atoms with Gasteiger partial charge in [-0.15, -0.1) is 0 Å². The molecule has 3 aromatic carbocycles. The Morgan fingerprint density at radius 3 is 2.46 bits per heavy atom. The molecule has 178 valence electrons. The predicted octanol–water partition coefficient (Wildman–Crippen LogP) is 5.70. The van der Waals surface area contributed by atoms with Crippen LogP contribution in [-0.4, -0.2) is 25.5 Å². The number of methoxy groups -OCH3 is 1. The predicted molar refractivity (Wildman–Crippen MR) is 132 cm³/mol. The molecule has 2 N–H and O–H groups in total. The summed E-state index contributed by atoms with van der Waals surface area (Å²) in [5.41, 5.74) is 1.05. The number of carbonyl (C=O) groups is 2. The summed E-state index contributed by atoms with van der Waals surface area (Å²) in [5.74, 6) is -1.27. The van der Waals surface area contributed by atoms with E-state index in [9.17, 15) is 19.2 Å². The quantitative estimate of drug-likeness (QED) is 0.297. The standard InChI is InChI=1S/C25H18Cl2FN3O4/c1-34-22-11-15(9-16(13-29)25(33)31-20-4-2-3-17(26)12-20)10-21(27)24(22)35-14-23(32)30-19-7-5-18(28)6-8-19/h2-12H,14H2,1H3,(H,30,32)(H,31,33)/b16-9-. The van der Waals surface area contributed by atoms with E-state index in [2.05, 4.69) is 10.6 Å². The smallest absolute Gasteiger partial charge is 0.266 e. The van der Waals surface area contributed by atoms with E-state index >= 15 is 0 Å². The van der Waals surface area contributed by atoms with Crippen molar-refractivity contribution in [1.29, 1.82) is 5.26 Å². The van der Waals surface area contributed by atoms with Crippen LogP contribution in [0.4, 0.5) is 15.8 Å². The van der Waals surface area contributed by atoms with Gasteiger partial charge in [0.25, 0.3) is 11.8 Å². The van der Waals surface area contributed by atoms with E-state index < -0.39 is 24.2 Å². The highest BCUT2D eigenvalue weighted by atomic mass is 35.5. The molecule has 0 aliphatic carbocycles. The van der Waals surface area contributed by atoms with E-state index in [4.69, 9.17) is 32.7 Å². The molecule has 0 radical (unpaired) electrons. The third kappa shape index (κ3) is 7.21. The van der Waals surface area contributed by atoms with Crippen molar-refractivity contribution in [2.75, 3.05) is 24.4 Å². The van der Waals surface area contributed by atoms with Crippen LogP contribution >= 0.6 is 23.2 Å². The Kier molecular flexibility index (Phi) is 8.68. The van der Waals surface area contributed by atoms with Crippen LogP contribution in [0.1, 0.15) is 5.56 Å². The summed E-state index contributed by atoms with van der Waals surface area (Å²) in [6.45, 7) is -0.395. The Labute approximate surface area is 210 Å². The monoisotopic (exact) mass is 513 g/mol. The number of carbonyl (C=O) groups excluding carboxylic acids is 2. The minimum absolute atomic E-state index is 0.0951. The average Bonchev–Trinajstić information content (AvgIpc) is 2.82. The molecule has 0 aromatic heterocycles. The first-order chi connectivity index (χ1) is 16.8. The Morgan fingerprint density at radius 1 is 1.06 bits per heavy atom. The lowest BCUT2D eigenvalue weighted by Crippen LogP contribution is -2.20. The van der Waals surface area contributed by atoms with Crippen LogP contribution in [0.15, 0.2) is 66.2 Å². The van der Waals surface area contributed by atoms with Crippen LogP contribution in [0.3, 0.4) is 0 Å². The van der Waals surface area contributed by atoms with Gasteiger partial charge >= 0.3 is 0 Å². The van der Waals surface area contributed by atoms with Gasteiger partial charge in [0, 0.05) is 16.4 Å². The Morgan fingerprint density at radius 2 is 1.80 bits per heavy atom. The van der Waals surface area contributed by atoms with Gasteiger partial charge in [-0.05, 0) is 66.2 Å². The summed E-state index contributed by atoms with van der Waals surface area (Å²) in [4.78, 5) is 24.7. The lowest BCUT2D eigenvalue weighted by Gasteiger charge is -2.13. The van der Waals surface area contributed by atoms with E-state index in [0.29, 0.717) is 22.0 Å². The number of ether oxygens (including phenoxy) is 2. The highest BCUT2D eigenvalue weighted by Gasteiger charge is 2.16. The largest absolute Gasteiger partial charge is 0.493 e. The molecule has 3 aromatic rings. The molecule has 0 unspecified atom stereocenters. The molecule has 0 atom stereocenters. The van der Waals surface area contributed by atoms with E-state index in [1.165, 1.54) is 49.6 Å². The van der Waals surface area contributed by atoms with Gasteiger partial charge < -0.3 is 20.1 Å². The molecule has 0 aliphatic heterocycles. The molecular formula is C25H18Cl2FN3O4. The summed E-state index contributed by atoms with van der Waals surface area (Å²) in [5, 5.41) is 15.2. The topological polar surface area (TPSA) is 100 Å². The first-order valence-corrected chi connectivity index (χ1v) is 10.8. The number of nitrogens with zero attached hydrogens (tertiary/aromatic N) is 1. The molecule has 0 bridgehead atoms. The van der Waals surface area contributed by atoms with E-state index in [0.717, 1.165) is 0 Å². The third-order valence-corrected chi connectivity index (χ3v) is 5.00. The second-order valence-corrected chi connectivity index (χ2v) is 7.86. The molecule has 0 saturated carbocycles. The van der Waals surface area contributed by atoms with Crippen molar-refractivity contribution < 1.29 is 23.5 Å². The number of anilines is 2. The third-order valence-electron chi connectivity index (χ3n) is 4.49. The fourth-order valence-corrected chi connectivity index (χ4v) is 3.38. The van der Waals surface area contributed by atoms with Crippen LogP contribution < -0.4 is 20.1 Å². The lowest BCUT2D eigenvalue weighted by atomic mass is 10.1. The van der Waals surface area contributed by atoms with Gasteiger partial charge in [0.1, 0.15) is 17.5 Å². The number of rotatable bonds is 8. The summed E-state index contributed by atoms with van der Waals surface area (Å²) in [7, 11) is 1.38. The Balaban J connectivity index is 1.73. The molecule has 7 nitrogen and oxygen atoms in total. The fraction of sp³-hybridized carbons (Fsp3) is 0.0800. The normalized spacial score (nSPS) is 10.8. The van der Waals surface area contributed by atoms with Crippen LogP contribution in [0.2, 0.25) is 10.0 Å². The fourth-order valence-electron chi connectivity index (χ4n) is 2.91. The van der Waals surface area contributed by atoms with Gasteiger partial charge in [-0.2, -0.15) is 5.26 Å². The second-order valence-electron chi connectivity index (χ2n) is 7.01. The molecular weight excluding hydrogens is 496 g/mol. The highest BCUT2D eigenvalue weighted by Crippen LogP contribution is 2.37. The molecule has 0 aliphatic rings. The number of hydrogen-bond acceptors (Lipinski definition) is 5. The van der Waals surface area contributed by atoms with Crippen molar-refractivity contribution in [3.8, 4) is 17.6 Å². The number of hydrogen-bond donors (Lipinski definition) is 2. The number of halogens is 3. The van der Waals surface area contributed by atoms with Crippen molar-refractivity contribution in [3.63, 3.8) is 0 Å². The van der Waals surface area contributed by atoms with Crippen LogP contribution in [0, 0.1) is 17.1 Å². The maximum Gasteiger partial charge on any atom is 0.266 e. The summed E-state index contributed by atoms with van der Waals surface area (Å²) in [6.07, 6.45) is 1.33. The van der Waals surface area contributed by atoms with Crippen molar-refractivity contribution in [2.45, 2.75) is 0 Å². The first kappa shape index (κ1) is 25.6. The van der Waals surface area contributed by atoms with E-state index in [-0.39, 0.29) is 22.1 Å². The summed E-state index contributed by atoms with van der Waals surface area (Å²) < 4.78 is 23.8. The minimum Gasteiger partial charge on any atom is -0.493 e. The Bertz CT molecular complexity index is 1320. The zero-order chi connectivity index (χ0) is 25.4. The number of amides is 2. The molecule has 10 heteroatoms. The van der Waals surface area contributed by atoms with E-state index in [1.54, 1.807) is 24.3 Å². The van der Waals surface area contributed by atoms with Crippen LogP contribution in [-0.2, 0) is 9.59 Å². The average molecular weight is 514 g/mol. The van der Waals surface area contributed by atoms with Gasteiger partial charge in [0.05, 0.1) is 12.1 Å². The molecule has 0 saturated heterocycles. The van der Waals surface area contributed by atoms with Crippen LogP contribution in [0.25, 0.3) is 6.08 Å². The Hall–Kier alpha value is -4.06. The van der Waals surface area contributed by atoms with Gasteiger partial charge in [-0.25, -0.2) is 4.39 Å². The molecule has 0 fully saturated rings. The molecule has 0 spiro atoms. The second kappa shape index (κ2) is 11.9. The van der Waals surface area contributed by atoms with Crippen molar-refractivity contribution in [3.05, 3.63) is 87.7 Å². The number of benzene rings is 3.